The van der Waals surface area contributed by atoms with Gasteiger partial charge in [0.2, 0.25) is 0 Å². The van der Waals surface area contributed by atoms with E-state index in [0.29, 0.717) is 16.4 Å². The Morgan fingerprint density at radius 3 is 2.90 bits per heavy atom. The van der Waals surface area contributed by atoms with Gasteiger partial charge in [-0.2, -0.15) is 0 Å². The number of esters is 1. The third kappa shape index (κ3) is 3.15. The molecule has 106 valence electrons. The van der Waals surface area contributed by atoms with Crippen molar-refractivity contribution in [2.24, 2.45) is 0 Å². The fourth-order valence-electron chi connectivity index (χ4n) is 1.81. The van der Waals surface area contributed by atoms with Crippen LogP contribution in [0.15, 0.2) is 48.0 Å². The minimum Gasteiger partial charge on any atom is -0.454 e. The Hall–Kier alpha value is -2.11. The van der Waals surface area contributed by atoms with Crippen molar-refractivity contribution in [2.75, 3.05) is 0 Å². The molecule has 4 nitrogen and oxygen atoms in total. The third-order valence-corrected chi connectivity index (χ3v) is 4.08. The zero-order valence-corrected chi connectivity index (χ0v) is 12.4. The van der Waals surface area contributed by atoms with E-state index in [1.54, 1.807) is 18.3 Å². The first kappa shape index (κ1) is 13.9. The summed E-state index contributed by atoms with van der Waals surface area (Å²) in [5, 5.41) is 3.33. The topological polar surface area (TPSA) is 55.0 Å². The summed E-state index contributed by atoms with van der Waals surface area (Å²) in [5.41, 5.74) is 2.01. The van der Waals surface area contributed by atoms with Gasteiger partial charge in [-0.15, -0.1) is 11.3 Å². The number of nitrogens with one attached hydrogen (secondary N) is 1. The SMILES string of the molecule is O=C(OCc1csc(-c2ccccc2Cl)n1)c1ccc[nH]1. The number of rotatable bonds is 4. The average molecular weight is 319 g/mol. The highest BCUT2D eigenvalue weighted by molar-refractivity contribution is 7.13. The molecular formula is C15H11ClN2O2S. The van der Waals surface area contributed by atoms with Crippen LogP contribution < -0.4 is 0 Å². The number of carbonyl (C=O) groups excluding carboxylic acids is 1. The summed E-state index contributed by atoms with van der Waals surface area (Å²) in [6.45, 7) is 0.138. The van der Waals surface area contributed by atoms with Crippen LogP contribution in [0.4, 0.5) is 0 Å². The molecule has 0 saturated heterocycles. The zero-order chi connectivity index (χ0) is 14.7. The number of benzene rings is 1. The molecule has 6 heteroatoms. The number of aromatic nitrogens is 2. The number of hydrogen-bond donors (Lipinski definition) is 1. The first-order chi connectivity index (χ1) is 10.2. The normalized spacial score (nSPS) is 10.5. The van der Waals surface area contributed by atoms with Gasteiger partial charge in [0.1, 0.15) is 17.3 Å². The van der Waals surface area contributed by atoms with Crippen LogP contribution in [0.5, 0.6) is 0 Å². The predicted octanol–water partition coefficient (Wildman–Crippen LogP) is 4.15. The van der Waals surface area contributed by atoms with Crippen LogP contribution in [0.25, 0.3) is 10.6 Å². The molecule has 1 aromatic carbocycles. The molecule has 2 aromatic heterocycles. The van der Waals surface area contributed by atoms with Crippen LogP contribution in [-0.2, 0) is 11.3 Å². The number of nitrogens with zero attached hydrogens (tertiary/aromatic N) is 1. The molecule has 0 spiro atoms. The maximum atomic E-state index is 11.7. The Balaban J connectivity index is 1.69. The highest BCUT2D eigenvalue weighted by atomic mass is 35.5. The number of halogens is 1. The number of carbonyl (C=O) groups is 1. The zero-order valence-electron chi connectivity index (χ0n) is 10.9. The van der Waals surface area contributed by atoms with Crippen molar-refractivity contribution in [3.63, 3.8) is 0 Å². The van der Waals surface area contributed by atoms with Crippen molar-refractivity contribution in [2.45, 2.75) is 6.61 Å². The second-order valence-corrected chi connectivity index (χ2v) is 5.55. The van der Waals surface area contributed by atoms with Crippen molar-refractivity contribution in [1.29, 1.82) is 0 Å². The molecule has 0 fully saturated rings. The van der Waals surface area contributed by atoms with E-state index in [2.05, 4.69) is 9.97 Å². The molecule has 1 N–H and O–H groups in total. The van der Waals surface area contributed by atoms with E-state index in [-0.39, 0.29) is 6.61 Å². The summed E-state index contributed by atoms with van der Waals surface area (Å²) in [6, 6.07) is 10.9. The smallest absolute Gasteiger partial charge is 0.355 e. The molecule has 3 rings (SSSR count). The standard InChI is InChI=1S/C15H11ClN2O2S/c16-12-5-2-1-4-11(12)14-18-10(9-21-14)8-20-15(19)13-6-3-7-17-13/h1-7,9,17H,8H2. The highest BCUT2D eigenvalue weighted by Gasteiger charge is 2.11. The number of H-pyrrole nitrogens is 1. The predicted molar refractivity (Wildman–Crippen MR) is 82.5 cm³/mol. The lowest BCUT2D eigenvalue weighted by Gasteiger charge is -2.01. The molecule has 0 aliphatic heterocycles. The largest absolute Gasteiger partial charge is 0.454 e. The monoisotopic (exact) mass is 318 g/mol. The molecule has 0 amide bonds. The van der Waals surface area contributed by atoms with Gasteiger partial charge in [-0.1, -0.05) is 29.8 Å². The van der Waals surface area contributed by atoms with Crippen LogP contribution in [0.2, 0.25) is 5.02 Å². The molecule has 0 unspecified atom stereocenters. The summed E-state index contributed by atoms with van der Waals surface area (Å²) in [7, 11) is 0. The van der Waals surface area contributed by atoms with Gasteiger partial charge in [0.05, 0.1) is 10.7 Å². The lowest BCUT2D eigenvalue weighted by molar-refractivity contribution is 0.0462. The van der Waals surface area contributed by atoms with Gasteiger partial charge >= 0.3 is 5.97 Å². The van der Waals surface area contributed by atoms with Crippen LogP contribution in [0, 0.1) is 0 Å². The van der Waals surface area contributed by atoms with E-state index in [1.807, 2.05) is 29.6 Å². The van der Waals surface area contributed by atoms with Crippen LogP contribution in [-0.4, -0.2) is 15.9 Å². The number of thiazole rings is 1. The van der Waals surface area contributed by atoms with Crippen LogP contribution in [0.3, 0.4) is 0 Å². The summed E-state index contributed by atoms with van der Waals surface area (Å²) in [6.07, 6.45) is 1.68. The summed E-state index contributed by atoms with van der Waals surface area (Å²) >= 11 is 7.61. The van der Waals surface area contributed by atoms with Gasteiger partial charge in [0.15, 0.2) is 0 Å². The molecule has 0 aliphatic rings. The van der Waals surface area contributed by atoms with Crippen molar-refractivity contribution >= 4 is 28.9 Å². The molecule has 2 heterocycles. The first-order valence-corrected chi connectivity index (χ1v) is 7.49. The van der Waals surface area contributed by atoms with Gasteiger partial charge in [-0.3, -0.25) is 0 Å². The number of ether oxygens (including phenoxy) is 1. The summed E-state index contributed by atoms with van der Waals surface area (Å²) in [4.78, 5) is 19.0. The number of hydrogen-bond acceptors (Lipinski definition) is 4. The van der Waals surface area contributed by atoms with E-state index in [0.717, 1.165) is 10.6 Å². The van der Waals surface area contributed by atoms with Crippen molar-refractivity contribution in [1.82, 2.24) is 9.97 Å². The fourth-order valence-corrected chi connectivity index (χ4v) is 2.93. The second-order valence-electron chi connectivity index (χ2n) is 4.28. The van der Waals surface area contributed by atoms with Gasteiger partial charge in [-0.25, -0.2) is 9.78 Å². The van der Waals surface area contributed by atoms with Crippen LogP contribution >= 0.6 is 22.9 Å². The van der Waals surface area contributed by atoms with Gasteiger partial charge < -0.3 is 9.72 Å². The summed E-state index contributed by atoms with van der Waals surface area (Å²) in [5.74, 6) is -0.396. The quantitative estimate of drug-likeness (QED) is 0.735. The maximum absolute atomic E-state index is 11.7. The van der Waals surface area contributed by atoms with E-state index < -0.39 is 5.97 Å². The molecule has 0 saturated carbocycles. The van der Waals surface area contributed by atoms with Gasteiger partial charge in [0.25, 0.3) is 0 Å². The first-order valence-electron chi connectivity index (χ1n) is 6.24. The fraction of sp³-hybridized carbons (Fsp3) is 0.0667. The van der Waals surface area contributed by atoms with E-state index in [9.17, 15) is 4.79 Å². The Labute approximate surface area is 130 Å². The highest BCUT2D eigenvalue weighted by Crippen LogP contribution is 2.30. The van der Waals surface area contributed by atoms with E-state index >= 15 is 0 Å². The molecule has 0 atom stereocenters. The lowest BCUT2D eigenvalue weighted by Crippen LogP contribution is -2.05. The second kappa shape index (κ2) is 6.11. The Bertz CT molecular complexity index is 753. The van der Waals surface area contributed by atoms with Gasteiger partial charge in [0, 0.05) is 17.1 Å². The minimum absolute atomic E-state index is 0.138. The Kier molecular flexibility index (Phi) is 4.03. The van der Waals surface area contributed by atoms with E-state index in [4.69, 9.17) is 16.3 Å². The van der Waals surface area contributed by atoms with Gasteiger partial charge in [-0.05, 0) is 18.2 Å². The van der Waals surface area contributed by atoms with E-state index in [1.165, 1.54) is 11.3 Å². The average Bonchev–Trinajstić information content (AvgIpc) is 3.17. The Morgan fingerprint density at radius 2 is 2.14 bits per heavy atom. The minimum atomic E-state index is -0.396. The molecule has 0 bridgehead atoms. The van der Waals surface area contributed by atoms with Crippen molar-refractivity contribution in [3.05, 3.63) is 64.4 Å². The number of aromatic amines is 1. The summed E-state index contributed by atoms with van der Waals surface area (Å²) < 4.78 is 5.19. The molecule has 0 aliphatic carbocycles. The van der Waals surface area contributed by atoms with Crippen LogP contribution in [0.1, 0.15) is 16.2 Å². The molecule has 3 aromatic rings. The Morgan fingerprint density at radius 1 is 1.29 bits per heavy atom. The molecular weight excluding hydrogens is 308 g/mol. The van der Waals surface area contributed by atoms with Crippen molar-refractivity contribution < 1.29 is 9.53 Å². The molecule has 21 heavy (non-hydrogen) atoms. The van der Waals surface area contributed by atoms with Crippen molar-refractivity contribution in [3.8, 4) is 10.6 Å². The third-order valence-electron chi connectivity index (χ3n) is 2.83. The lowest BCUT2D eigenvalue weighted by atomic mass is 10.2. The molecule has 0 radical (unpaired) electrons. The maximum Gasteiger partial charge on any atom is 0.355 e.